The number of nitrogens with zero attached hydrogens (tertiary/aromatic N) is 2. The summed E-state index contributed by atoms with van der Waals surface area (Å²) in [6, 6.07) is 8.18. The van der Waals surface area contributed by atoms with Crippen LogP contribution in [-0.4, -0.2) is 22.0 Å². The summed E-state index contributed by atoms with van der Waals surface area (Å²) in [6.45, 7) is 7.56. The average Bonchev–Trinajstić information content (AvgIpc) is 2.77. The Bertz CT molecular complexity index is 651. The highest BCUT2D eigenvalue weighted by Gasteiger charge is 2.09. The molecule has 1 aromatic heterocycles. The molecule has 0 saturated carbocycles. The number of allylic oxidation sites excluding steroid dienone is 1. The van der Waals surface area contributed by atoms with Gasteiger partial charge in [0.15, 0.2) is 0 Å². The number of aromatic nitrogens is 2. The molecule has 0 spiro atoms. The van der Waals surface area contributed by atoms with Gasteiger partial charge in [-0.25, -0.2) is 4.98 Å². The van der Waals surface area contributed by atoms with Gasteiger partial charge in [0.1, 0.15) is 5.82 Å². The minimum Gasteiger partial charge on any atom is -0.352 e. The lowest BCUT2D eigenvalue weighted by Gasteiger charge is -2.08. The van der Waals surface area contributed by atoms with Gasteiger partial charge in [0.25, 0.3) is 0 Å². The van der Waals surface area contributed by atoms with Gasteiger partial charge in [-0.1, -0.05) is 24.6 Å². The molecule has 4 nitrogen and oxygen atoms in total. The Morgan fingerprint density at radius 2 is 2.10 bits per heavy atom. The van der Waals surface area contributed by atoms with Crippen LogP contribution in [0, 0.1) is 0 Å². The van der Waals surface area contributed by atoms with Crippen molar-refractivity contribution in [3.8, 4) is 0 Å². The first-order valence-electron chi connectivity index (χ1n) is 7.48. The molecule has 4 heteroatoms. The molecule has 2 aromatic rings. The topological polar surface area (TPSA) is 46.9 Å². The third-order valence-corrected chi connectivity index (χ3v) is 3.25. The number of aryl methyl sites for hydroxylation is 1. The van der Waals surface area contributed by atoms with Crippen LogP contribution in [0.15, 0.2) is 35.9 Å². The Morgan fingerprint density at radius 1 is 1.33 bits per heavy atom. The molecule has 0 aliphatic heterocycles. The summed E-state index contributed by atoms with van der Waals surface area (Å²) >= 11 is 0. The number of benzene rings is 1. The number of para-hydroxylation sites is 2. The van der Waals surface area contributed by atoms with E-state index >= 15 is 0 Å². The van der Waals surface area contributed by atoms with Gasteiger partial charge in [-0.2, -0.15) is 0 Å². The SMILES string of the molecule is CCCn1c(CCNC(=O)C=C(C)C)nc2ccccc21. The first-order chi connectivity index (χ1) is 10.1. The molecule has 0 fully saturated rings. The predicted molar refractivity (Wildman–Crippen MR) is 86.2 cm³/mol. The maximum atomic E-state index is 11.6. The van der Waals surface area contributed by atoms with Crippen molar-refractivity contribution in [2.24, 2.45) is 0 Å². The van der Waals surface area contributed by atoms with E-state index in [0.29, 0.717) is 6.54 Å². The fourth-order valence-corrected chi connectivity index (χ4v) is 2.40. The number of rotatable bonds is 6. The van der Waals surface area contributed by atoms with Crippen LogP contribution in [0.1, 0.15) is 33.0 Å². The molecule has 0 aliphatic carbocycles. The molecule has 1 aromatic carbocycles. The van der Waals surface area contributed by atoms with E-state index in [9.17, 15) is 4.79 Å². The molecule has 0 aliphatic rings. The first kappa shape index (κ1) is 15.3. The van der Waals surface area contributed by atoms with Crippen molar-refractivity contribution in [1.29, 1.82) is 0 Å². The third kappa shape index (κ3) is 3.94. The van der Waals surface area contributed by atoms with Gasteiger partial charge in [-0.05, 0) is 32.4 Å². The third-order valence-electron chi connectivity index (χ3n) is 3.25. The highest BCUT2D eigenvalue weighted by atomic mass is 16.1. The number of imidazole rings is 1. The molecule has 0 bridgehead atoms. The summed E-state index contributed by atoms with van der Waals surface area (Å²) in [7, 11) is 0. The minimum absolute atomic E-state index is 0.0341. The van der Waals surface area contributed by atoms with E-state index in [1.165, 1.54) is 5.52 Å². The fraction of sp³-hybridized carbons (Fsp3) is 0.412. The molecule has 1 N–H and O–H groups in total. The van der Waals surface area contributed by atoms with Gasteiger partial charge in [-0.15, -0.1) is 0 Å². The lowest BCUT2D eigenvalue weighted by molar-refractivity contribution is -0.116. The van der Waals surface area contributed by atoms with Crippen molar-refractivity contribution in [3.63, 3.8) is 0 Å². The highest BCUT2D eigenvalue weighted by molar-refractivity contribution is 5.88. The fourth-order valence-electron chi connectivity index (χ4n) is 2.40. The van der Waals surface area contributed by atoms with E-state index in [4.69, 9.17) is 0 Å². The first-order valence-corrected chi connectivity index (χ1v) is 7.48. The number of fused-ring (bicyclic) bond motifs is 1. The summed E-state index contributed by atoms with van der Waals surface area (Å²) in [4.78, 5) is 16.3. The molecule has 0 unspecified atom stereocenters. The standard InChI is InChI=1S/C17H23N3O/c1-4-11-20-15-8-6-5-7-14(15)19-16(20)9-10-18-17(21)12-13(2)3/h5-8,12H,4,9-11H2,1-3H3,(H,18,21). The Kier molecular flexibility index (Phi) is 5.14. The Labute approximate surface area is 125 Å². The summed E-state index contributed by atoms with van der Waals surface area (Å²) in [6.07, 6.45) is 3.43. The van der Waals surface area contributed by atoms with Gasteiger partial charge in [0, 0.05) is 25.6 Å². The molecule has 0 radical (unpaired) electrons. The summed E-state index contributed by atoms with van der Waals surface area (Å²) < 4.78 is 2.25. The van der Waals surface area contributed by atoms with Gasteiger partial charge in [0.2, 0.25) is 5.91 Å². The van der Waals surface area contributed by atoms with E-state index in [-0.39, 0.29) is 5.91 Å². The highest BCUT2D eigenvalue weighted by Crippen LogP contribution is 2.16. The minimum atomic E-state index is -0.0341. The predicted octanol–water partition coefficient (Wildman–Crippen LogP) is 3.07. The summed E-state index contributed by atoms with van der Waals surface area (Å²) in [5.41, 5.74) is 3.20. The van der Waals surface area contributed by atoms with Gasteiger partial charge < -0.3 is 9.88 Å². The number of nitrogens with one attached hydrogen (secondary N) is 1. The van der Waals surface area contributed by atoms with Crippen LogP contribution in [0.5, 0.6) is 0 Å². The molecule has 21 heavy (non-hydrogen) atoms. The van der Waals surface area contributed by atoms with E-state index in [1.807, 2.05) is 32.0 Å². The second-order valence-corrected chi connectivity index (χ2v) is 5.43. The van der Waals surface area contributed by atoms with E-state index in [1.54, 1.807) is 6.08 Å². The zero-order chi connectivity index (χ0) is 15.2. The number of carbonyl (C=O) groups excluding carboxylic acids is 1. The largest absolute Gasteiger partial charge is 0.352 e. The maximum Gasteiger partial charge on any atom is 0.243 e. The molecule has 0 saturated heterocycles. The van der Waals surface area contributed by atoms with Crippen LogP contribution in [0.4, 0.5) is 0 Å². The molecule has 0 atom stereocenters. The van der Waals surface area contributed by atoms with Crippen molar-refractivity contribution in [2.75, 3.05) is 6.54 Å². The van der Waals surface area contributed by atoms with Crippen LogP contribution in [0.25, 0.3) is 11.0 Å². The van der Waals surface area contributed by atoms with Crippen molar-refractivity contribution in [1.82, 2.24) is 14.9 Å². The van der Waals surface area contributed by atoms with E-state index < -0.39 is 0 Å². The van der Waals surface area contributed by atoms with E-state index in [2.05, 4.69) is 27.9 Å². The number of hydrogen-bond donors (Lipinski definition) is 1. The molecule has 1 amide bonds. The second-order valence-electron chi connectivity index (χ2n) is 5.43. The van der Waals surface area contributed by atoms with Crippen molar-refractivity contribution in [3.05, 3.63) is 41.7 Å². The van der Waals surface area contributed by atoms with Gasteiger partial charge in [-0.3, -0.25) is 4.79 Å². The van der Waals surface area contributed by atoms with Crippen LogP contribution in [-0.2, 0) is 17.8 Å². The zero-order valence-electron chi connectivity index (χ0n) is 13.0. The number of hydrogen-bond acceptors (Lipinski definition) is 2. The number of amides is 1. The van der Waals surface area contributed by atoms with Crippen LogP contribution in [0.2, 0.25) is 0 Å². The number of carbonyl (C=O) groups is 1. The van der Waals surface area contributed by atoms with Crippen molar-refractivity contribution < 1.29 is 4.79 Å². The zero-order valence-corrected chi connectivity index (χ0v) is 13.0. The van der Waals surface area contributed by atoms with Gasteiger partial charge >= 0.3 is 0 Å². The Balaban J connectivity index is 2.09. The normalized spacial score (nSPS) is 10.6. The maximum absolute atomic E-state index is 11.6. The molecule has 1 heterocycles. The quantitative estimate of drug-likeness (QED) is 0.829. The molecule has 2 rings (SSSR count). The summed E-state index contributed by atoms with van der Waals surface area (Å²) in [5.74, 6) is 1.00. The van der Waals surface area contributed by atoms with Gasteiger partial charge in [0.05, 0.1) is 11.0 Å². The van der Waals surface area contributed by atoms with Crippen LogP contribution in [0.3, 0.4) is 0 Å². The molecule has 112 valence electrons. The molecular formula is C17H23N3O. The monoisotopic (exact) mass is 285 g/mol. The van der Waals surface area contributed by atoms with Crippen LogP contribution >= 0.6 is 0 Å². The summed E-state index contributed by atoms with van der Waals surface area (Å²) in [5, 5.41) is 2.91. The second kappa shape index (κ2) is 7.07. The Hall–Kier alpha value is -2.10. The Morgan fingerprint density at radius 3 is 2.81 bits per heavy atom. The van der Waals surface area contributed by atoms with Crippen LogP contribution < -0.4 is 5.32 Å². The smallest absolute Gasteiger partial charge is 0.243 e. The van der Waals surface area contributed by atoms with Crippen molar-refractivity contribution >= 4 is 16.9 Å². The lowest BCUT2D eigenvalue weighted by atomic mass is 10.3. The average molecular weight is 285 g/mol. The van der Waals surface area contributed by atoms with E-state index in [0.717, 1.165) is 36.3 Å². The van der Waals surface area contributed by atoms with Crippen molar-refractivity contribution in [2.45, 2.75) is 40.2 Å². The lowest BCUT2D eigenvalue weighted by Crippen LogP contribution is -2.24. The molecular weight excluding hydrogens is 262 g/mol.